The van der Waals surface area contributed by atoms with E-state index in [0.29, 0.717) is 36.6 Å². The molecule has 0 unspecified atom stereocenters. The zero-order valence-electron chi connectivity index (χ0n) is 14.4. The lowest BCUT2D eigenvalue weighted by Gasteiger charge is -2.22. The predicted molar refractivity (Wildman–Crippen MR) is 88.7 cm³/mol. The lowest BCUT2D eigenvalue weighted by atomic mass is 10.00. The van der Waals surface area contributed by atoms with Gasteiger partial charge in [0, 0.05) is 18.9 Å². The number of hydrogen-bond donors (Lipinski definition) is 2. The summed E-state index contributed by atoms with van der Waals surface area (Å²) in [6.07, 6.45) is 2.49. The highest BCUT2D eigenvalue weighted by Gasteiger charge is 2.17. The molecule has 24 heavy (non-hydrogen) atoms. The maximum Gasteiger partial charge on any atom is 0.231 e. The molecule has 0 radical (unpaired) electrons. The number of rotatable bonds is 9. The van der Waals surface area contributed by atoms with Crippen LogP contribution in [0.15, 0.2) is 12.1 Å². The monoisotopic (exact) mass is 335 g/mol. The van der Waals surface area contributed by atoms with Crippen LogP contribution in [-0.2, 0) is 11.2 Å². The molecule has 0 aliphatic rings. The zero-order chi connectivity index (χ0) is 17.5. The molecule has 0 aliphatic heterocycles. The molecule has 2 aromatic heterocycles. The van der Waals surface area contributed by atoms with Crippen LogP contribution in [0.4, 0.5) is 0 Å². The van der Waals surface area contributed by atoms with Crippen molar-refractivity contribution >= 4 is 11.6 Å². The summed E-state index contributed by atoms with van der Waals surface area (Å²) < 4.78 is 6.73. The van der Waals surface area contributed by atoms with Crippen molar-refractivity contribution < 1.29 is 14.6 Å². The summed E-state index contributed by atoms with van der Waals surface area (Å²) in [4.78, 5) is 12.0. The van der Waals surface area contributed by atoms with Crippen LogP contribution in [0.1, 0.15) is 38.9 Å². The van der Waals surface area contributed by atoms with E-state index in [2.05, 4.69) is 20.6 Å². The summed E-state index contributed by atoms with van der Waals surface area (Å²) >= 11 is 0. The molecule has 0 fully saturated rings. The van der Waals surface area contributed by atoms with E-state index in [-0.39, 0.29) is 24.5 Å². The normalized spacial score (nSPS) is 13.7. The van der Waals surface area contributed by atoms with E-state index in [4.69, 9.17) is 4.74 Å². The Bertz CT molecular complexity index is 673. The van der Waals surface area contributed by atoms with E-state index in [1.807, 2.05) is 13.8 Å². The second kappa shape index (κ2) is 8.58. The molecule has 0 saturated carbocycles. The third-order valence-electron chi connectivity index (χ3n) is 4.19. The van der Waals surface area contributed by atoms with Gasteiger partial charge in [0.1, 0.15) is 0 Å². The average Bonchev–Trinajstić information content (AvgIpc) is 3.01. The SMILES string of the molecule is CC[C@@H](C)[C@H](CO)NC(=O)CCCc1nnc2ccc(OC)nn12. The van der Waals surface area contributed by atoms with Crippen LogP contribution in [0.3, 0.4) is 0 Å². The molecule has 2 aromatic rings. The molecule has 0 bridgehead atoms. The number of hydrogen-bond acceptors (Lipinski definition) is 6. The molecule has 2 atom stereocenters. The smallest absolute Gasteiger partial charge is 0.231 e. The van der Waals surface area contributed by atoms with Crippen molar-refractivity contribution in [1.82, 2.24) is 25.1 Å². The first-order valence-electron chi connectivity index (χ1n) is 8.24. The van der Waals surface area contributed by atoms with Gasteiger partial charge in [-0.25, -0.2) is 0 Å². The van der Waals surface area contributed by atoms with Crippen LogP contribution >= 0.6 is 0 Å². The summed E-state index contributed by atoms with van der Waals surface area (Å²) in [7, 11) is 1.55. The zero-order valence-corrected chi connectivity index (χ0v) is 14.4. The van der Waals surface area contributed by atoms with Crippen molar-refractivity contribution in [2.24, 2.45) is 5.92 Å². The maximum atomic E-state index is 12.0. The average molecular weight is 335 g/mol. The van der Waals surface area contributed by atoms with Gasteiger partial charge in [-0.05, 0) is 18.4 Å². The van der Waals surface area contributed by atoms with Crippen LogP contribution in [0.2, 0.25) is 0 Å². The molecule has 1 amide bonds. The third-order valence-corrected chi connectivity index (χ3v) is 4.19. The highest BCUT2D eigenvalue weighted by Crippen LogP contribution is 2.11. The number of amides is 1. The minimum absolute atomic E-state index is 0.0424. The van der Waals surface area contributed by atoms with E-state index in [0.717, 1.165) is 6.42 Å². The number of aliphatic hydroxyl groups excluding tert-OH is 1. The van der Waals surface area contributed by atoms with Gasteiger partial charge >= 0.3 is 0 Å². The van der Waals surface area contributed by atoms with Crippen molar-refractivity contribution in [3.63, 3.8) is 0 Å². The number of aryl methyl sites for hydroxylation is 1. The van der Waals surface area contributed by atoms with E-state index in [1.165, 1.54) is 0 Å². The summed E-state index contributed by atoms with van der Waals surface area (Å²) in [5.41, 5.74) is 0.646. The van der Waals surface area contributed by atoms with Gasteiger partial charge in [0.05, 0.1) is 19.8 Å². The van der Waals surface area contributed by atoms with Gasteiger partial charge < -0.3 is 15.2 Å². The number of nitrogens with one attached hydrogen (secondary N) is 1. The maximum absolute atomic E-state index is 12.0. The first-order chi connectivity index (χ1) is 11.6. The fourth-order valence-electron chi connectivity index (χ4n) is 2.42. The first kappa shape index (κ1) is 18.1. The summed E-state index contributed by atoms with van der Waals surface area (Å²) in [6, 6.07) is 3.32. The standard InChI is InChI=1S/C16H25N5O3/c1-4-11(2)12(10-22)17-15(23)7-5-6-13-18-19-14-8-9-16(24-3)20-21(13)14/h8-9,11-12,22H,4-7,10H2,1-3H3,(H,17,23)/t11-,12+/m1/s1. The number of methoxy groups -OCH3 is 1. The predicted octanol–water partition coefficient (Wildman–Crippen LogP) is 0.979. The van der Waals surface area contributed by atoms with Crippen molar-refractivity contribution in [3.8, 4) is 5.88 Å². The Morgan fingerprint density at radius 2 is 2.21 bits per heavy atom. The Hall–Kier alpha value is -2.22. The van der Waals surface area contributed by atoms with Crippen molar-refractivity contribution in [2.75, 3.05) is 13.7 Å². The minimum Gasteiger partial charge on any atom is -0.480 e. The molecule has 132 valence electrons. The number of carbonyl (C=O) groups is 1. The van der Waals surface area contributed by atoms with Gasteiger partial charge in [-0.1, -0.05) is 20.3 Å². The van der Waals surface area contributed by atoms with Gasteiger partial charge in [-0.3, -0.25) is 4.79 Å². The van der Waals surface area contributed by atoms with E-state index >= 15 is 0 Å². The Labute approximate surface area is 141 Å². The van der Waals surface area contributed by atoms with Crippen LogP contribution in [0.25, 0.3) is 5.65 Å². The van der Waals surface area contributed by atoms with Crippen molar-refractivity contribution in [2.45, 2.75) is 45.6 Å². The van der Waals surface area contributed by atoms with E-state index in [9.17, 15) is 9.90 Å². The summed E-state index contributed by atoms with van der Waals surface area (Å²) in [5.74, 6) is 1.36. The number of fused-ring (bicyclic) bond motifs is 1. The third kappa shape index (κ3) is 4.41. The molecule has 2 N–H and O–H groups in total. The summed E-state index contributed by atoms with van der Waals surface area (Å²) in [6.45, 7) is 4.01. The lowest BCUT2D eigenvalue weighted by molar-refractivity contribution is -0.122. The van der Waals surface area contributed by atoms with Crippen LogP contribution < -0.4 is 10.1 Å². The Balaban J connectivity index is 1.89. The fourth-order valence-corrected chi connectivity index (χ4v) is 2.42. The quantitative estimate of drug-likeness (QED) is 0.708. The highest BCUT2D eigenvalue weighted by atomic mass is 16.5. The van der Waals surface area contributed by atoms with E-state index < -0.39 is 0 Å². The fraction of sp³-hybridized carbons (Fsp3) is 0.625. The molecule has 8 heteroatoms. The van der Waals surface area contributed by atoms with Gasteiger partial charge in [0.2, 0.25) is 11.8 Å². The van der Waals surface area contributed by atoms with Gasteiger partial charge in [-0.2, -0.15) is 4.52 Å². The molecule has 0 aromatic carbocycles. The van der Waals surface area contributed by atoms with Gasteiger partial charge in [0.15, 0.2) is 11.5 Å². The number of aromatic nitrogens is 4. The first-order valence-corrected chi connectivity index (χ1v) is 8.24. The second-order valence-corrected chi connectivity index (χ2v) is 5.86. The largest absolute Gasteiger partial charge is 0.480 e. The van der Waals surface area contributed by atoms with Crippen LogP contribution in [0, 0.1) is 5.92 Å². The number of ether oxygens (including phenoxy) is 1. The van der Waals surface area contributed by atoms with Crippen LogP contribution in [0.5, 0.6) is 5.88 Å². The lowest BCUT2D eigenvalue weighted by Crippen LogP contribution is -2.41. The second-order valence-electron chi connectivity index (χ2n) is 5.86. The minimum atomic E-state index is -0.192. The summed E-state index contributed by atoms with van der Waals surface area (Å²) in [5, 5.41) is 24.7. The van der Waals surface area contributed by atoms with Crippen LogP contribution in [-0.4, -0.2) is 50.6 Å². The highest BCUT2D eigenvalue weighted by molar-refractivity contribution is 5.76. The Morgan fingerprint density at radius 3 is 2.88 bits per heavy atom. The van der Waals surface area contributed by atoms with E-state index in [1.54, 1.807) is 23.8 Å². The molecule has 0 aliphatic carbocycles. The molecular weight excluding hydrogens is 310 g/mol. The number of aliphatic hydroxyl groups is 1. The Morgan fingerprint density at radius 1 is 1.42 bits per heavy atom. The van der Waals surface area contributed by atoms with Crippen molar-refractivity contribution in [3.05, 3.63) is 18.0 Å². The molecule has 0 spiro atoms. The topological polar surface area (TPSA) is 102 Å². The van der Waals surface area contributed by atoms with Gasteiger partial charge in [-0.15, -0.1) is 15.3 Å². The molecule has 2 heterocycles. The van der Waals surface area contributed by atoms with Gasteiger partial charge in [0.25, 0.3) is 0 Å². The molecule has 0 saturated heterocycles. The molecule has 2 rings (SSSR count). The van der Waals surface area contributed by atoms with Crippen molar-refractivity contribution in [1.29, 1.82) is 0 Å². The molecular formula is C16H25N5O3. The molecule has 8 nitrogen and oxygen atoms in total. The Kier molecular flexibility index (Phi) is 6.48. The number of carbonyl (C=O) groups excluding carboxylic acids is 1. The number of nitrogens with zero attached hydrogens (tertiary/aromatic N) is 4.